The van der Waals surface area contributed by atoms with Crippen LogP contribution in [-0.4, -0.2) is 38.2 Å². The van der Waals surface area contributed by atoms with E-state index in [-0.39, 0.29) is 52.1 Å². The van der Waals surface area contributed by atoms with Gasteiger partial charge in [-0.1, -0.05) is 17.7 Å². The summed E-state index contributed by atoms with van der Waals surface area (Å²) < 4.78 is 71.7. The second-order valence-electron chi connectivity index (χ2n) is 8.22. The summed E-state index contributed by atoms with van der Waals surface area (Å²) in [7, 11) is -4.21. The molecule has 0 unspecified atom stereocenters. The molecular formula is C23H20BrF3N4O4S. The number of rotatable bonds is 7. The Hall–Kier alpha value is -3.19. The molecule has 0 saturated heterocycles. The molecule has 0 atom stereocenters. The molecule has 1 N–H and O–H groups in total. The first-order valence-electron chi connectivity index (χ1n) is 10.7. The second kappa shape index (κ2) is 9.36. The van der Waals surface area contributed by atoms with E-state index in [1.807, 2.05) is 0 Å². The van der Waals surface area contributed by atoms with E-state index in [2.05, 4.69) is 26.0 Å². The SMILES string of the molecule is Cc1ccc(S(=O)(=O)n2c(C)c(-c3cn(CCCC(=O)O)nc3C(F)(F)F)c3cc(Br)cnc32)cc1. The summed E-state index contributed by atoms with van der Waals surface area (Å²) in [4.78, 5) is 15.0. The van der Waals surface area contributed by atoms with Crippen LogP contribution in [0.25, 0.3) is 22.2 Å². The number of alkyl halides is 3. The van der Waals surface area contributed by atoms with Gasteiger partial charge in [-0.25, -0.2) is 17.4 Å². The van der Waals surface area contributed by atoms with Crippen molar-refractivity contribution in [3.8, 4) is 11.1 Å². The average Bonchev–Trinajstić information content (AvgIpc) is 3.31. The Morgan fingerprint density at radius 3 is 2.44 bits per heavy atom. The molecule has 0 aliphatic rings. The third-order valence-electron chi connectivity index (χ3n) is 5.60. The number of nitrogens with zero attached hydrogens (tertiary/aromatic N) is 4. The molecule has 190 valence electrons. The first-order chi connectivity index (χ1) is 16.8. The molecule has 0 fully saturated rings. The van der Waals surface area contributed by atoms with Crippen LogP contribution in [0.5, 0.6) is 0 Å². The smallest absolute Gasteiger partial charge is 0.435 e. The molecular weight excluding hydrogens is 565 g/mol. The summed E-state index contributed by atoms with van der Waals surface area (Å²) in [6.07, 6.45) is -2.48. The molecule has 1 aromatic carbocycles. The quantitative estimate of drug-likeness (QED) is 0.311. The monoisotopic (exact) mass is 584 g/mol. The van der Waals surface area contributed by atoms with Crippen molar-refractivity contribution in [3.63, 3.8) is 0 Å². The zero-order valence-electron chi connectivity index (χ0n) is 19.0. The van der Waals surface area contributed by atoms with Crippen LogP contribution in [0.2, 0.25) is 0 Å². The highest BCUT2D eigenvalue weighted by molar-refractivity contribution is 9.10. The summed E-state index contributed by atoms with van der Waals surface area (Å²) in [6.45, 7) is 3.16. The number of hydrogen-bond donors (Lipinski definition) is 1. The van der Waals surface area contributed by atoms with Crippen molar-refractivity contribution < 1.29 is 31.5 Å². The highest BCUT2D eigenvalue weighted by Crippen LogP contribution is 2.42. The lowest BCUT2D eigenvalue weighted by Crippen LogP contribution is -2.15. The molecule has 0 aliphatic carbocycles. The molecule has 0 radical (unpaired) electrons. The number of fused-ring (bicyclic) bond motifs is 1. The van der Waals surface area contributed by atoms with Crippen molar-refractivity contribution in [2.75, 3.05) is 0 Å². The van der Waals surface area contributed by atoms with E-state index in [1.165, 1.54) is 31.3 Å². The summed E-state index contributed by atoms with van der Waals surface area (Å²) in [5.74, 6) is -1.07. The number of benzene rings is 1. The van der Waals surface area contributed by atoms with Crippen molar-refractivity contribution in [3.05, 3.63) is 64.1 Å². The van der Waals surface area contributed by atoms with E-state index in [4.69, 9.17) is 5.11 Å². The van der Waals surface area contributed by atoms with Gasteiger partial charge in [0, 0.05) is 52.0 Å². The molecule has 0 aliphatic heterocycles. The first kappa shape index (κ1) is 25.9. The van der Waals surface area contributed by atoms with Crippen LogP contribution >= 0.6 is 15.9 Å². The van der Waals surface area contributed by atoms with Gasteiger partial charge in [0.1, 0.15) is 0 Å². The van der Waals surface area contributed by atoms with Crippen LogP contribution in [0, 0.1) is 13.8 Å². The second-order valence-corrected chi connectivity index (χ2v) is 10.9. The minimum atomic E-state index is -4.84. The zero-order chi connectivity index (χ0) is 26.4. The van der Waals surface area contributed by atoms with Crippen LogP contribution in [0.3, 0.4) is 0 Å². The number of carboxylic acid groups (broad SMARTS) is 1. The average molecular weight is 585 g/mol. The van der Waals surface area contributed by atoms with E-state index < -0.39 is 27.9 Å². The van der Waals surface area contributed by atoms with Gasteiger partial charge in [-0.05, 0) is 54.4 Å². The number of pyridine rings is 1. The normalized spacial score (nSPS) is 12.4. The van der Waals surface area contributed by atoms with Gasteiger partial charge >= 0.3 is 12.1 Å². The molecule has 0 amide bonds. The molecule has 3 heterocycles. The van der Waals surface area contributed by atoms with Gasteiger partial charge in [0.25, 0.3) is 10.0 Å². The fourth-order valence-electron chi connectivity index (χ4n) is 4.00. The Labute approximate surface area is 212 Å². The Kier molecular flexibility index (Phi) is 6.73. The molecule has 0 bridgehead atoms. The first-order valence-corrected chi connectivity index (χ1v) is 12.9. The number of hydrogen-bond acceptors (Lipinski definition) is 5. The van der Waals surface area contributed by atoms with E-state index >= 15 is 0 Å². The van der Waals surface area contributed by atoms with E-state index in [0.29, 0.717) is 4.47 Å². The van der Waals surface area contributed by atoms with Gasteiger partial charge in [-0.15, -0.1) is 0 Å². The van der Waals surface area contributed by atoms with Crippen LogP contribution in [-0.2, 0) is 27.5 Å². The fourth-order valence-corrected chi connectivity index (χ4v) is 5.85. The van der Waals surface area contributed by atoms with Gasteiger partial charge in [0.2, 0.25) is 0 Å². The number of carbonyl (C=O) groups is 1. The maximum atomic E-state index is 14.0. The minimum absolute atomic E-state index is 0.0197. The maximum Gasteiger partial charge on any atom is 0.435 e. The number of carboxylic acids is 1. The van der Waals surface area contributed by atoms with Gasteiger partial charge in [-0.2, -0.15) is 18.3 Å². The largest absolute Gasteiger partial charge is 0.481 e. The molecule has 3 aromatic heterocycles. The molecule has 8 nitrogen and oxygen atoms in total. The highest BCUT2D eigenvalue weighted by atomic mass is 79.9. The van der Waals surface area contributed by atoms with Crippen molar-refractivity contribution in [2.45, 2.75) is 44.3 Å². The molecule has 4 rings (SSSR count). The Morgan fingerprint density at radius 2 is 1.83 bits per heavy atom. The lowest BCUT2D eigenvalue weighted by molar-refractivity contribution is -0.141. The summed E-state index contributed by atoms with van der Waals surface area (Å²) in [5, 5.41) is 12.7. The van der Waals surface area contributed by atoms with E-state index in [1.54, 1.807) is 19.1 Å². The van der Waals surface area contributed by atoms with Gasteiger partial charge in [0.05, 0.1) is 4.90 Å². The van der Waals surface area contributed by atoms with Gasteiger partial charge < -0.3 is 5.11 Å². The third kappa shape index (κ3) is 4.76. The Morgan fingerprint density at radius 1 is 1.17 bits per heavy atom. The lowest BCUT2D eigenvalue weighted by atomic mass is 10.0. The van der Waals surface area contributed by atoms with Crippen molar-refractivity contribution >= 4 is 43.0 Å². The van der Waals surface area contributed by atoms with Crippen molar-refractivity contribution in [2.24, 2.45) is 0 Å². The van der Waals surface area contributed by atoms with Crippen molar-refractivity contribution in [1.82, 2.24) is 18.7 Å². The van der Waals surface area contributed by atoms with E-state index in [9.17, 15) is 26.4 Å². The molecule has 4 aromatic rings. The number of aromatic nitrogens is 4. The standard InChI is InChI=1S/C23H20BrF3N4O4S/c1-13-5-7-16(8-6-13)36(34,35)31-14(2)20(17-10-15(24)11-28-22(17)31)18-12-30(9-3-4-19(32)33)29-21(18)23(25,26)27/h5-8,10-12H,3-4,9H2,1-2H3,(H,32,33). The Bertz CT molecular complexity index is 1580. The summed E-state index contributed by atoms with van der Waals surface area (Å²) >= 11 is 3.27. The van der Waals surface area contributed by atoms with Crippen LogP contribution < -0.4 is 0 Å². The molecule has 13 heteroatoms. The van der Waals surface area contributed by atoms with E-state index in [0.717, 1.165) is 20.4 Å². The minimum Gasteiger partial charge on any atom is -0.481 e. The van der Waals surface area contributed by atoms with Crippen LogP contribution in [0.15, 0.2) is 52.1 Å². The van der Waals surface area contributed by atoms with Crippen LogP contribution in [0.1, 0.15) is 29.8 Å². The number of halogens is 4. The Balaban J connectivity index is 1.98. The molecule has 0 saturated carbocycles. The number of aryl methyl sites for hydroxylation is 2. The zero-order valence-corrected chi connectivity index (χ0v) is 21.4. The topological polar surface area (TPSA) is 107 Å². The lowest BCUT2D eigenvalue weighted by Gasteiger charge is -2.10. The fraction of sp³-hybridized carbons (Fsp3) is 0.261. The highest BCUT2D eigenvalue weighted by Gasteiger charge is 2.39. The predicted molar refractivity (Wildman–Crippen MR) is 129 cm³/mol. The summed E-state index contributed by atoms with van der Waals surface area (Å²) in [6, 6.07) is 7.61. The van der Waals surface area contributed by atoms with Gasteiger partial charge in [0.15, 0.2) is 11.3 Å². The summed E-state index contributed by atoms with van der Waals surface area (Å²) in [5.41, 5.74) is -0.655. The molecule has 36 heavy (non-hydrogen) atoms. The van der Waals surface area contributed by atoms with Gasteiger partial charge in [-0.3, -0.25) is 9.48 Å². The van der Waals surface area contributed by atoms with Crippen LogP contribution in [0.4, 0.5) is 13.2 Å². The number of aliphatic carboxylic acids is 1. The third-order valence-corrected chi connectivity index (χ3v) is 7.83. The van der Waals surface area contributed by atoms with Crippen molar-refractivity contribution in [1.29, 1.82) is 0 Å². The maximum absolute atomic E-state index is 14.0. The molecule has 0 spiro atoms. The predicted octanol–water partition coefficient (Wildman–Crippen LogP) is 5.40.